The van der Waals surface area contributed by atoms with Crippen molar-refractivity contribution >= 4 is 22.5 Å². The predicted molar refractivity (Wildman–Crippen MR) is 115 cm³/mol. The number of aromatic nitrogens is 2. The van der Waals surface area contributed by atoms with Gasteiger partial charge in [-0.3, -0.25) is 4.79 Å². The number of anilines is 1. The highest BCUT2D eigenvalue weighted by Gasteiger charge is 2.29. The van der Waals surface area contributed by atoms with Crippen molar-refractivity contribution in [3.8, 4) is 5.88 Å². The fourth-order valence-corrected chi connectivity index (χ4v) is 4.86. The predicted octanol–water partition coefficient (Wildman–Crippen LogP) is 3.03. The van der Waals surface area contributed by atoms with Crippen LogP contribution in [0.3, 0.4) is 0 Å². The topological polar surface area (TPSA) is 67.8 Å². The van der Waals surface area contributed by atoms with Crippen molar-refractivity contribution in [3.05, 3.63) is 24.5 Å². The van der Waals surface area contributed by atoms with Crippen LogP contribution in [0.15, 0.2) is 24.5 Å². The summed E-state index contributed by atoms with van der Waals surface area (Å²) in [5.74, 6) is 1.14. The van der Waals surface area contributed by atoms with E-state index in [0.717, 1.165) is 68.5 Å². The molecule has 1 aromatic carbocycles. The maximum Gasteiger partial charge on any atom is 0.225 e. The molecule has 0 spiro atoms. The zero-order valence-corrected chi connectivity index (χ0v) is 17.5. The highest BCUT2D eigenvalue weighted by atomic mass is 16.5. The summed E-state index contributed by atoms with van der Waals surface area (Å²) < 4.78 is 11.6. The molecule has 3 fully saturated rings. The highest BCUT2D eigenvalue weighted by Crippen LogP contribution is 2.31. The number of carbonyl (C=O) groups excluding carboxylic acids is 1. The van der Waals surface area contributed by atoms with Gasteiger partial charge in [0.25, 0.3) is 0 Å². The van der Waals surface area contributed by atoms with Gasteiger partial charge in [-0.2, -0.15) is 0 Å². The van der Waals surface area contributed by atoms with Crippen molar-refractivity contribution in [2.45, 2.75) is 44.6 Å². The second kappa shape index (κ2) is 8.76. The Morgan fingerprint density at radius 3 is 2.53 bits per heavy atom. The minimum absolute atomic E-state index is 0.137. The number of hydrogen-bond donors (Lipinski definition) is 0. The lowest BCUT2D eigenvalue weighted by molar-refractivity contribution is -0.138. The van der Waals surface area contributed by atoms with Crippen LogP contribution in [0.4, 0.5) is 5.69 Å². The standard InChI is InChI=1S/C23H30N4O3/c28-23(17-7-13-29-14-8-17)27-11-9-26(10-12-27)18-5-6-21-20(15-18)22(25-16-24-21)30-19-3-1-2-4-19/h5-6,15-17,19H,1-4,7-14H2. The van der Waals surface area contributed by atoms with Gasteiger partial charge >= 0.3 is 0 Å². The largest absolute Gasteiger partial charge is 0.474 e. The molecule has 0 unspecified atom stereocenters. The molecule has 1 aromatic heterocycles. The number of rotatable bonds is 4. The van der Waals surface area contributed by atoms with E-state index in [0.29, 0.717) is 25.0 Å². The first-order valence-corrected chi connectivity index (χ1v) is 11.3. The Hall–Kier alpha value is -2.41. The van der Waals surface area contributed by atoms with Crippen LogP contribution in [0.25, 0.3) is 10.9 Å². The SMILES string of the molecule is O=C(C1CCOCC1)N1CCN(c2ccc3ncnc(OC4CCCC4)c3c2)CC1. The Kier molecular flexibility index (Phi) is 5.71. The van der Waals surface area contributed by atoms with Crippen molar-refractivity contribution < 1.29 is 14.3 Å². The molecule has 160 valence electrons. The second-order valence-corrected chi connectivity index (χ2v) is 8.60. The lowest BCUT2D eigenvalue weighted by atomic mass is 9.98. The number of ether oxygens (including phenoxy) is 2. The minimum atomic E-state index is 0.137. The van der Waals surface area contributed by atoms with Crippen molar-refractivity contribution in [2.24, 2.45) is 5.92 Å². The van der Waals surface area contributed by atoms with Crippen LogP contribution in [0.5, 0.6) is 5.88 Å². The number of benzene rings is 1. The molecule has 1 aliphatic carbocycles. The van der Waals surface area contributed by atoms with Crippen LogP contribution in [0, 0.1) is 5.92 Å². The number of amides is 1. The van der Waals surface area contributed by atoms with Crippen molar-refractivity contribution in [1.82, 2.24) is 14.9 Å². The highest BCUT2D eigenvalue weighted by molar-refractivity contribution is 5.87. The van der Waals surface area contributed by atoms with Crippen LogP contribution in [0.2, 0.25) is 0 Å². The van der Waals surface area contributed by atoms with Crippen molar-refractivity contribution in [1.29, 1.82) is 0 Å². The number of carbonyl (C=O) groups is 1. The summed E-state index contributed by atoms with van der Waals surface area (Å²) in [4.78, 5) is 26.0. The molecule has 2 aliphatic heterocycles. The summed E-state index contributed by atoms with van der Waals surface area (Å²) in [6, 6.07) is 6.31. The molecule has 3 aliphatic rings. The van der Waals surface area contributed by atoms with Crippen LogP contribution in [0.1, 0.15) is 38.5 Å². The average Bonchev–Trinajstić information content (AvgIpc) is 3.32. The van der Waals surface area contributed by atoms with Crippen molar-refractivity contribution in [3.63, 3.8) is 0 Å². The number of nitrogens with zero attached hydrogens (tertiary/aromatic N) is 4. The van der Waals surface area contributed by atoms with Gasteiger partial charge in [0, 0.05) is 51.0 Å². The Labute approximate surface area is 177 Å². The Bertz CT molecular complexity index is 885. The third kappa shape index (κ3) is 4.08. The Morgan fingerprint density at radius 2 is 1.77 bits per heavy atom. The maximum absolute atomic E-state index is 12.8. The molecule has 3 heterocycles. The third-order valence-corrected chi connectivity index (χ3v) is 6.69. The zero-order valence-electron chi connectivity index (χ0n) is 17.5. The van der Waals surface area contributed by atoms with Crippen molar-refractivity contribution in [2.75, 3.05) is 44.3 Å². The summed E-state index contributed by atoms with van der Waals surface area (Å²) in [5, 5.41) is 0.975. The van der Waals surface area contributed by atoms with E-state index in [4.69, 9.17) is 9.47 Å². The number of piperazine rings is 1. The van der Waals surface area contributed by atoms with Gasteiger partial charge in [0.2, 0.25) is 11.8 Å². The normalized spacial score (nSPS) is 21.3. The van der Waals surface area contributed by atoms with E-state index in [2.05, 4.69) is 27.0 Å². The monoisotopic (exact) mass is 410 g/mol. The summed E-state index contributed by atoms with van der Waals surface area (Å²) in [5.41, 5.74) is 2.06. The molecule has 2 aromatic rings. The first-order valence-electron chi connectivity index (χ1n) is 11.3. The lowest BCUT2D eigenvalue weighted by Gasteiger charge is -2.38. The van der Waals surface area contributed by atoms with Gasteiger partial charge in [-0.25, -0.2) is 9.97 Å². The van der Waals surface area contributed by atoms with E-state index >= 15 is 0 Å². The molecule has 0 bridgehead atoms. The van der Waals surface area contributed by atoms with E-state index in [1.807, 2.05) is 11.0 Å². The lowest BCUT2D eigenvalue weighted by Crippen LogP contribution is -2.51. The summed E-state index contributed by atoms with van der Waals surface area (Å²) in [6.07, 6.45) is 8.24. The summed E-state index contributed by atoms with van der Waals surface area (Å²) >= 11 is 0. The fraction of sp³-hybridized carbons (Fsp3) is 0.609. The summed E-state index contributed by atoms with van der Waals surface area (Å²) in [6.45, 7) is 4.64. The molecule has 7 heteroatoms. The first-order chi connectivity index (χ1) is 14.8. The van der Waals surface area contributed by atoms with Crippen LogP contribution < -0.4 is 9.64 Å². The molecule has 0 atom stereocenters. The quantitative estimate of drug-likeness (QED) is 0.772. The molecule has 1 saturated carbocycles. The van der Waals surface area contributed by atoms with Gasteiger partial charge in [0.15, 0.2) is 0 Å². The maximum atomic E-state index is 12.8. The number of hydrogen-bond acceptors (Lipinski definition) is 6. The second-order valence-electron chi connectivity index (χ2n) is 8.60. The van der Waals surface area contributed by atoms with E-state index in [1.165, 1.54) is 12.8 Å². The van der Waals surface area contributed by atoms with E-state index in [1.54, 1.807) is 6.33 Å². The Balaban J connectivity index is 1.27. The van der Waals surface area contributed by atoms with E-state index in [9.17, 15) is 4.79 Å². The molecule has 1 amide bonds. The van der Waals surface area contributed by atoms with E-state index in [-0.39, 0.29) is 12.0 Å². The molecular formula is C23H30N4O3. The van der Waals surface area contributed by atoms with Gasteiger partial charge in [-0.15, -0.1) is 0 Å². The third-order valence-electron chi connectivity index (χ3n) is 6.69. The average molecular weight is 411 g/mol. The fourth-order valence-electron chi connectivity index (χ4n) is 4.86. The molecule has 5 rings (SSSR count). The molecular weight excluding hydrogens is 380 g/mol. The van der Waals surface area contributed by atoms with Gasteiger partial charge in [-0.05, 0) is 56.7 Å². The first kappa shape index (κ1) is 19.5. The molecule has 7 nitrogen and oxygen atoms in total. The van der Waals surface area contributed by atoms with Crippen LogP contribution in [-0.4, -0.2) is 66.3 Å². The van der Waals surface area contributed by atoms with Gasteiger partial charge in [-0.1, -0.05) is 0 Å². The molecule has 0 radical (unpaired) electrons. The zero-order chi connectivity index (χ0) is 20.3. The molecule has 0 N–H and O–H groups in total. The van der Waals surface area contributed by atoms with Crippen LogP contribution in [-0.2, 0) is 9.53 Å². The van der Waals surface area contributed by atoms with Crippen LogP contribution >= 0.6 is 0 Å². The van der Waals surface area contributed by atoms with E-state index < -0.39 is 0 Å². The molecule has 30 heavy (non-hydrogen) atoms. The van der Waals surface area contributed by atoms with Gasteiger partial charge in [0.05, 0.1) is 10.9 Å². The molecule has 2 saturated heterocycles. The smallest absolute Gasteiger partial charge is 0.225 e. The Morgan fingerprint density at radius 1 is 1.00 bits per heavy atom. The summed E-state index contributed by atoms with van der Waals surface area (Å²) in [7, 11) is 0. The van der Waals surface area contributed by atoms with Gasteiger partial charge < -0.3 is 19.3 Å². The minimum Gasteiger partial charge on any atom is -0.474 e. The number of fused-ring (bicyclic) bond motifs is 1. The van der Waals surface area contributed by atoms with Gasteiger partial charge in [0.1, 0.15) is 12.4 Å².